The Bertz CT molecular complexity index is 4910. The highest BCUT2D eigenvalue weighted by Gasteiger charge is 2.45. The van der Waals surface area contributed by atoms with E-state index in [0.717, 1.165) is 146 Å². The van der Waals surface area contributed by atoms with Crippen molar-refractivity contribution >= 4 is 197 Å². The van der Waals surface area contributed by atoms with Crippen LogP contribution in [0.4, 0.5) is 13.2 Å². The Hall–Kier alpha value is -6.93. The van der Waals surface area contributed by atoms with Gasteiger partial charge in [-0.2, -0.15) is 13.2 Å². The average Bonchev–Trinajstić information content (AvgIpc) is 0.683. The summed E-state index contributed by atoms with van der Waals surface area (Å²) in [5.41, 5.74) is 2.27. The van der Waals surface area contributed by atoms with Crippen LogP contribution < -0.4 is 0 Å². The fourth-order valence-corrected chi connectivity index (χ4v) is 19.4. The second kappa shape index (κ2) is 28.3. The Morgan fingerprint density at radius 3 is 0.861 bits per heavy atom. The number of hydrogen-bond donors (Lipinski definition) is 0. The SMILES string of the molecule is CCCCC(CC)CN1C(=O)c2cc(Br)c3c4c(Br)cc5c6c(cc(Br)c(c7c(Br)cc(c2c37)C1=O)c64)C(=O)N(CC(CC)CCCC)C5=O.CCCCC(CC)CN1C(=O)c2ccc3c4c(C(F)(F)F)cc5c6c(ccc(c7c(C)cc(c2c37)C1=O)c64)C(=O)N(CC(CC)CCCC)C5=O. The Morgan fingerprint density at radius 1 is 0.317 bits per heavy atom. The molecule has 4 heterocycles. The predicted octanol–water partition coefficient (Wildman–Crippen LogP) is 23.1. The van der Waals surface area contributed by atoms with E-state index in [-0.39, 0.29) is 98.6 Å². The van der Waals surface area contributed by atoms with E-state index in [1.807, 2.05) is 45.0 Å². The third kappa shape index (κ3) is 11.7. The van der Waals surface area contributed by atoms with Crippen LogP contribution in [-0.2, 0) is 6.18 Å². The molecule has 4 aliphatic heterocycles. The van der Waals surface area contributed by atoms with Crippen molar-refractivity contribution in [2.75, 3.05) is 26.2 Å². The zero-order valence-corrected chi connectivity index (χ0v) is 64.8. The van der Waals surface area contributed by atoms with Crippen LogP contribution in [0.3, 0.4) is 0 Å². The molecule has 0 spiro atoms. The van der Waals surface area contributed by atoms with Gasteiger partial charge in [-0.05, 0) is 137 Å². The van der Waals surface area contributed by atoms with Crippen LogP contribution in [0, 0.1) is 30.6 Å². The first-order chi connectivity index (χ1) is 48.3. The van der Waals surface area contributed by atoms with E-state index in [9.17, 15) is 38.4 Å². The van der Waals surface area contributed by atoms with E-state index < -0.39 is 35.4 Å². The Balaban J connectivity index is 0.000000181. The first kappa shape index (κ1) is 72.4. The molecule has 8 amide bonds. The lowest BCUT2D eigenvalue weighted by Gasteiger charge is -2.33. The molecule has 10 aromatic rings. The maximum atomic E-state index is 15.2. The van der Waals surface area contributed by atoms with Gasteiger partial charge >= 0.3 is 6.18 Å². The Labute approximate surface area is 619 Å². The number of amides is 8. The first-order valence-corrected chi connectivity index (χ1v) is 39.3. The monoisotopic (exact) mass is 1620 g/mol. The molecule has 4 atom stereocenters. The molecule has 19 heteroatoms. The number of imide groups is 4. The lowest BCUT2D eigenvalue weighted by atomic mass is 9.79. The second-order valence-corrected chi connectivity index (χ2v) is 31.9. The summed E-state index contributed by atoms with van der Waals surface area (Å²) in [6.07, 6.45) is 10.2. The van der Waals surface area contributed by atoms with Gasteiger partial charge in [0.2, 0.25) is 0 Å². The molecular weight excluding hydrogens is 1550 g/mol. The molecule has 0 saturated heterocycles. The number of benzene rings is 10. The van der Waals surface area contributed by atoms with Crippen molar-refractivity contribution in [2.24, 2.45) is 23.7 Å². The summed E-state index contributed by atoms with van der Waals surface area (Å²) in [5, 5.41) is 8.41. The quantitative estimate of drug-likeness (QED) is 0.0330. The fraction of sp³-hybridized carbons (Fsp3) is 0.415. The molecule has 0 aliphatic carbocycles. The lowest BCUT2D eigenvalue weighted by molar-refractivity contribution is -0.136. The van der Waals surface area contributed by atoms with Gasteiger partial charge in [0, 0.05) is 148 Å². The first-order valence-electron chi connectivity index (χ1n) is 36.1. The van der Waals surface area contributed by atoms with Crippen LogP contribution in [0.1, 0.15) is 252 Å². The average molecular weight is 1630 g/mol. The number of rotatable bonds is 24. The van der Waals surface area contributed by atoms with Crippen LogP contribution in [0.2, 0.25) is 0 Å². The molecule has 14 rings (SSSR count). The van der Waals surface area contributed by atoms with Gasteiger partial charge in [-0.1, -0.05) is 208 Å². The van der Waals surface area contributed by atoms with E-state index in [1.165, 1.54) is 20.8 Å². The minimum Gasteiger partial charge on any atom is -0.274 e. The standard InChI is InChI=1S/C42H43F3N2O4.C40H38Br4N2O4/c1-6-10-12-23(8-3)20-46-38(48)27-17-15-26-35-31(42(43,44)45)19-30-34-28(39(49)47(41(30)51)21-24(9-4)13-11-7-2)16-14-25(37(34)35)32-22(5)18-29(40(46)50)33(27)36(26)32;1-5-9-11-19(7-3)17-45-37(47)21-13-25(41)31-33-27(43)15-23-30-24(40(50)46(39(23)49)18-20(8-4)12-10-6-2)16-28(44)34(36(30)33)32-26(42)14-22(38(45)48)29(21)35(31)32/h14-19,23-24H,6-13,20-21H2,1-5H3;13-16,19-20H,5-12,17-18H2,1-4H3. The smallest absolute Gasteiger partial charge is 0.274 e. The normalized spacial score (nSPS) is 16.0. The highest BCUT2D eigenvalue weighted by atomic mass is 79.9. The van der Waals surface area contributed by atoms with Crippen molar-refractivity contribution in [2.45, 2.75) is 171 Å². The van der Waals surface area contributed by atoms with Gasteiger partial charge in [0.1, 0.15) is 0 Å². The predicted molar refractivity (Wildman–Crippen MR) is 411 cm³/mol. The van der Waals surface area contributed by atoms with Crippen molar-refractivity contribution in [1.29, 1.82) is 0 Å². The molecule has 4 unspecified atom stereocenters. The number of carbonyl (C=O) groups excluding carboxylic acids is 8. The van der Waals surface area contributed by atoms with Crippen LogP contribution in [0.15, 0.2) is 78.6 Å². The number of halogens is 7. The highest BCUT2D eigenvalue weighted by molar-refractivity contribution is 9.11. The van der Waals surface area contributed by atoms with Crippen LogP contribution in [0.5, 0.6) is 0 Å². The second-order valence-electron chi connectivity index (χ2n) is 28.5. The number of hydrogen-bond acceptors (Lipinski definition) is 8. The van der Waals surface area contributed by atoms with Gasteiger partial charge in [0.15, 0.2) is 0 Å². The van der Waals surface area contributed by atoms with Gasteiger partial charge in [0.05, 0.1) is 5.56 Å². The van der Waals surface area contributed by atoms with Crippen LogP contribution >= 0.6 is 63.7 Å². The highest BCUT2D eigenvalue weighted by Crippen LogP contribution is 2.56. The van der Waals surface area contributed by atoms with E-state index in [2.05, 4.69) is 105 Å². The van der Waals surface area contributed by atoms with Gasteiger partial charge in [0.25, 0.3) is 47.3 Å². The molecule has 0 bridgehead atoms. The minimum atomic E-state index is -4.85. The molecular formula is C82H81Br4F3N4O8. The summed E-state index contributed by atoms with van der Waals surface area (Å²) in [5.74, 6) is -2.62. The summed E-state index contributed by atoms with van der Waals surface area (Å²) in [4.78, 5) is 119. The van der Waals surface area contributed by atoms with Crippen molar-refractivity contribution in [1.82, 2.24) is 19.6 Å². The zero-order chi connectivity index (χ0) is 72.3. The van der Waals surface area contributed by atoms with Gasteiger partial charge in [-0.15, -0.1) is 0 Å². The third-order valence-electron chi connectivity index (χ3n) is 22.5. The molecule has 526 valence electrons. The summed E-state index contributed by atoms with van der Waals surface area (Å²) >= 11 is 15.4. The van der Waals surface area contributed by atoms with E-state index >= 15 is 13.2 Å². The number of nitrogens with zero attached hydrogens (tertiary/aromatic N) is 4. The van der Waals surface area contributed by atoms with E-state index in [1.54, 1.807) is 24.3 Å². The third-order valence-corrected chi connectivity index (χ3v) is 25.0. The Morgan fingerprint density at radius 2 is 0.574 bits per heavy atom. The molecule has 0 aromatic heterocycles. The van der Waals surface area contributed by atoms with Gasteiger partial charge in [-0.25, -0.2) is 0 Å². The van der Waals surface area contributed by atoms with E-state index in [0.29, 0.717) is 96.7 Å². The van der Waals surface area contributed by atoms with E-state index in [4.69, 9.17) is 0 Å². The molecule has 0 radical (unpaired) electrons. The zero-order valence-electron chi connectivity index (χ0n) is 58.4. The maximum Gasteiger partial charge on any atom is 0.417 e. The number of aryl methyl sites for hydroxylation is 1. The lowest BCUT2D eigenvalue weighted by Crippen LogP contribution is -2.43. The van der Waals surface area contributed by atoms with Crippen LogP contribution in [-0.4, -0.2) is 93.0 Å². The largest absolute Gasteiger partial charge is 0.417 e. The van der Waals surface area contributed by atoms with Crippen molar-refractivity contribution in [3.05, 3.63) is 134 Å². The topological polar surface area (TPSA) is 150 Å². The number of fused-ring (bicyclic) bond motifs is 4. The van der Waals surface area contributed by atoms with Crippen LogP contribution in [0.25, 0.3) is 86.2 Å². The molecule has 0 saturated carbocycles. The number of alkyl halides is 3. The summed E-state index contributed by atoms with van der Waals surface area (Å²) in [6.45, 7) is 19.7. The summed E-state index contributed by atoms with van der Waals surface area (Å²) < 4.78 is 48.5. The maximum absolute atomic E-state index is 15.2. The summed E-state index contributed by atoms with van der Waals surface area (Å²) in [6, 6.07) is 16.4. The molecule has 10 aromatic carbocycles. The molecule has 0 N–H and O–H groups in total. The number of unbranched alkanes of at least 4 members (excludes halogenated alkanes) is 4. The minimum absolute atomic E-state index is 0.0361. The molecule has 0 fully saturated rings. The summed E-state index contributed by atoms with van der Waals surface area (Å²) in [7, 11) is 0. The molecule has 12 nitrogen and oxygen atoms in total. The van der Waals surface area contributed by atoms with Gasteiger partial charge < -0.3 is 0 Å². The van der Waals surface area contributed by atoms with Crippen molar-refractivity contribution in [3.8, 4) is 0 Å². The molecule has 4 aliphatic rings. The van der Waals surface area contributed by atoms with Crippen molar-refractivity contribution < 1.29 is 51.5 Å². The molecule has 101 heavy (non-hydrogen) atoms. The number of carbonyl (C=O) groups is 8. The van der Waals surface area contributed by atoms with Crippen molar-refractivity contribution in [3.63, 3.8) is 0 Å². The Kier molecular flexibility index (Phi) is 20.3. The van der Waals surface area contributed by atoms with Gasteiger partial charge in [-0.3, -0.25) is 58.0 Å². The fourth-order valence-electron chi connectivity index (χ4n) is 16.9.